The Balaban J connectivity index is 1.14. The highest BCUT2D eigenvalue weighted by Crippen LogP contribution is 2.65. The number of aromatic nitrogens is 3. The van der Waals surface area contributed by atoms with Gasteiger partial charge in [0, 0.05) is 41.4 Å². The van der Waals surface area contributed by atoms with Crippen molar-refractivity contribution in [2.24, 2.45) is 36.1 Å². The Labute approximate surface area is 361 Å². The molecule has 2 saturated heterocycles. The number of alkyl halides is 3. The average Bonchev–Trinajstić information content (AvgIpc) is 3.88. The van der Waals surface area contributed by atoms with Gasteiger partial charge in [-0.3, -0.25) is 28.9 Å². The fourth-order valence-electron chi connectivity index (χ4n) is 10.0. The minimum absolute atomic E-state index is 0.0208. The zero-order valence-corrected chi connectivity index (χ0v) is 35.6. The third-order valence-electron chi connectivity index (χ3n) is 12.8. The van der Waals surface area contributed by atoms with Gasteiger partial charge in [-0.2, -0.15) is 23.3 Å². The van der Waals surface area contributed by atoms with Gasteiger partial charge in [0.05, 0.1) is 39.7 Å². The third kappa shape index (κ3) is 5.99. The van der Waals surface area contributed by atoms with Crippen LogP contribution in [0.5, 0.6) is 11.5 Å². The number of halogens is 5. The Morgan fingerprint density at radius 1 is 1.03 bits per heavy atom. The average molecular weight is 894 g/mol. The van der Waals surface area contributed by atoms with E-state index in [9.17, 15) is 27.9 Å². The van der Waals surface area contributed by atoms with E-state index in [2.05, 4.69) is 4.98 Å². The van der Waals surface area contributed by atoms with Gasteiger partial charge >= 0.3 is 6.18 Å². The van der Waals surface area contributed by atoms with E-state index in [4.69, 9.17) is 33.0 Å². The third-order valence-corrected chi connectivity index (χ3v) is 14.7. The first-order valence-electron chi connectivity index (χ1n) is 19.5. The largest absolute Gasteiger partial charge is 0.504 e. The normalized spacial score (nSPS) is 25.0. The molecular formula is C43H37Cl2F3N6O6S. The second-order valence-corrected chi connectivity index (χ2v) is 17.9. The molecule has 6 atom stereocenters. The number of carbonyl (C=O) groups is 4. The van der Waals surface area contributed by atoms with Gasteiger partial charge in [-0.05, 0) is 86.9 Å². The van der Waals surface area contributed by atoms with Crippen LogP contribution in [-0.4, -0.2) is 62.2 Å². The maximum absolute atomic E-state index is 15.2. The molecule has 12 nitrogen and oxygen atoms in total. The lowest BCUT2D eigenvalue weighted by atomic mass is 9.51. The first kappa shape index (κ1) is 40.9. The van der Waals surface area contributed by atoms with Crippen molar-refractivity contribution in [1.29, 1.82) is 0 Å². The molecule has 3 aromatic heterocycles. The molecule has 316 valence electrons. The number of hydrazine groups is 1. The number of phenols is 1. The number of ether oxygens (including phenoxy) is 1. The summed E-state index contributed by atoms with van der Waals surface area (Å²) in [4.78, 5) is 64.7. The minimum Gasteiger partial charge on any atom is -0.504 e. The molecule has 3 fully saturated rings. The second-order valence-electron chi connectivity index (χ2n) is 16.0. The Morgan fingerprint density at radius 2 is 1.79 bits per heavy atom. The molecule has 5 heterocycles. The molecule has 0 bridgehead atoms. The topological polar surface area (TPSA) is 138 Å². The van der Waals surface area contributed by atoms with Crippen LogP contribution in [-0.2, 0) is 32.4 Å². The number of rotatable bonds is 7. The molecule has 2 aliphatic carbocycles. The summed E-state index contributed by atoms with van der Waals surface area (Å²) in [5, 5.41) is 19.6. The van der Waals surface area contributed by atoms with Gasteiger partial charge in [0.25, 0.3) is 11.8 Å². The van der Waals surface area contributed by atoms with Crippen LogP contribution in [0.2, 0.25) is 10.0 Å². The van der Waals surface area contributed by atoms with Gasteiger partial charge in [-0.15, -0.1) is 11.3 Å². The van der Waals surface area contributed by atoms with Crippen molar-refractivity contribution < 1.29 is 42.2 Å². The summed E-state index contributed by atoms with van der Waals surface area (Å²) in [6.07, 6.45) is -3.01. The van der Waals surface area contributed by atoms with Gasteiger partial charge < -0.3 is 9.84 Å². The van der Waals surface area contributed by atoms with Crippen LogP contribution < -0.4 is 14.6 Å². The number of amides is 4. The second kappa shape index (κ2) is 14.3. The van der Waals surface area contributed by atoms with Gasteiger partial charge in [-0.25, -0.2) is 9.88 Å². The molecule has 0 radical (unpaired) electrons. The van der Waals surface area contributed by atoms with Crippen LogP contribution in [0.1, 0.15) is 49.4 Å². The number of hydrogen-bond acceptors (Lipinski definition) is 10. The van der Waals surface area contributed by atoms with Crippen LogP contribution in [0.4, 0.5) is 24.8 Å². The number of carbonyl (C=O) groups excluding carboxylic acids is 4. The molecule has 0 spiro atoms. The monoisotopic (exact) mass is 892 g/mol. The molecule has 61 heavy (non-hydrogen) atoms. The number of para-hydroxylation sites is 1. The van der Waals surface area contributed by atoms with Crippen LogP contribution >= 0.6 is 34.5 Å². The van der Waals surface area contributed by atoms with E-state index < -0.39 is 76.3 Å². The van der Waals surface area contributed by atoms with Crippen molar-refractivity contribution in [3.8, 4) is 22.1 Å². The fourth-order valence-corrected chi connectivity index (χ4v) is 11.6. The van der Waals surface area contributed by atoms with E-state index in [-0.39, 0.29) is 41.8 Å². The number of aryl methyl sites for hydroxylation is 2. The highest BCUT2D eigenvalue weighted by atomic mass is 35.5. The SMILES string of the molecule is CCOc1cccc([C@H]2C3=CC[C@@H]4C(=O)N(N(C)c5nc(C(F)(F)F)ccc5Cl)C(=O)[C@@H]4[C@@H]3C[C@H]3C(=O)N(c4cc(-c5sc6ccc(Cl)cc6c5C)nn4C)C(=O)[C@@]23C)c1O. The number of anilines is 2. The first-order chi connectivity index (χ1) is 28.9. The summed E-state index contributed by atoms with van der Waals surface area (Å²) in [6.45, 7) is 5.63. The zero-order chi connectivity index (χ0) is 43.6. The van der Waals surface area contributed by atoms with E-state index in [1.165, 1.54) is 23.1 Å². The van der Waals surface area contributed by atoms with E-state index in [0.717, 1.165) is 41.5 Å². The maximum atomic E-state index is 15.2. The van der Waals surface area contributed by atoms with E-state index in [1.807, 2.05) is 19.1 Å². The number of benzene rings is 2. The first-order valence-corrected chi connectivity index (χ1v) is 21.1. The predicted octanol–water partition coefficient (Wildman–Crippen LogP) is 8.72. The molecule has 18 heteroatoms. The Bertz CT molecular complexity index is 2770. The summed E-state index contributed by atoms with van der Waals surface area (Å²) < 4.78 is 49.4. The van der Waals surface area contributed by atoms with Crippen molar-refractivity contribution in [2.75, 3.05) is 23.6 Å². The van der Waals surface area contributed by atoms with Crippen molar-refractivity contribution in [3.63, 3.8) is 0 Å². The van der Waals surface area contributed by atoms with Crippen LogP contribution in [0.3, 0.4) is 0 Å². The quantitative estimate of drug-likeness (QED) is 0.126. The molecule has 4 aliphatic rings. The van der Waals surface area contributed by atoms with Gasteiger partial charge in [0.1, 0.15) is 17.2 Å². The zero-order valence-electron chi connectivity index (χ0n) is 33.3. The lowest BCUT2D eigenvalue weighted by molar-refractivity contribution is -0.141. The summed E-state index contributed by atoms with van der Waals surface area (Å²) in [7, 11) is 2.88. The van der Waals surface area contributed by atoms with E-state index in [1.54, 1.807) is 57.3 Å². The van der Waals surface area contributed by atoms with Gasteiger partial charge in [0.15, 0.2) is 17.3 Å². The number of allylic oxidation sites excluding steroid dienone is 2. The van der Waals surface area contributed by atoms with Crippen LogP contribution in [0.15, 0.2) is 66.2 Å². The number of nitrogens with zero attached hydrogens (tertiary/aromatic N) is 6. The highest BCUT2D eigenvalue weighted by molar-refractivity contribution is 7.22. The number of hydrogen-bond donors (Lipinski definition) is 1. The number of thiophene rings is 1. The van der Waals surface area contributed by atoms with Crippen molar-refractivity contribution in [1.82, 2.24) is 19.8 Å². The summed E-state index contributed by atoms with van der Waals surface area (Å²) in [5.74, 6) is -7.64. The van der Waals surface area contributed by atoms with Gasteiger partial charge in [0.2, 0.25) is 11.8 Å². The number of imide groups is 2. The number of fused-ring (bicyclic) bond motifs is 5. The Morgan fingerprint density at radius 3 is 2.51 bits per heavy atom. The van der Waals surface area contributed by atoms with Gasteiger partial charge in [-0.1, -0.05) is 47.0 Å². The molecule has 1 N–H and O–H groups in total. The van der Waals surface area contributed by atoms with Crippen molar-refractivity contribution >= 4 is 79.9 Å². The molecule has 4 amide bonds. The molecular weight excluding hydrogens is 856 g/mol. The predicted molar refractivity (Wildman–Crippen MR) is 222 cm³/mol. The lowest BCUT2D eigenvalue weighted by Gasteiger charge is -2.49. The van der Waals surface area contributed by atoms with Crippen LogP contribution in [0.25, 0.3) is 20.7 Å². The summed E-state index contributed by atoms with van der Waals surface area (Å²) in [6, 6.07) is 13.9. The number of pyridine rings is 1. The molecule has 2 aliphatic heterocycles. The van der Waals surface area contributed by atoms with Crippen molar-refractivity contribution in [3.05, 3.63) is 93.1 Å². The van der Waals surface area contributed by atoms with E-state index >= 15 is 9.59 Å². The number of aromatic hydroxyl groups is 1. The number of phenolic OH excluding ortho intramolecular Hbond substituents is 1. The summed E-state index contributed by atoms with van der Waals surface area (Å²) >= 11 is 14.1. The molecule has 2 aromatic carbocycles. The lowest BCUT2D eigenvalue weighted by Crippen LogP contribution is -2.49. The summed E-state index contributed by atoms with van der Waals surface area (Å²) in [5.41, 5.74) is -0.420. The van der Waals surface area contributed by atoms with E-state index in [0.29, 0.717) is 27.9 Å². The molecule has 9 rings (SSSR count). The molecule has 0 unspecified atom stereocenters. The standard InChI is InChI=1S/C43H37Cl2F3N6O6S/c1-6-60-29-9-7-8-23(35(29)55)34-21-11-12-22-33(40(58)54(38(22)56)52(5)37-27(45)13-15-31(49-37)43(46,47)48)25(21)17-26-39(57)53(41(59)42(26,34)3)32-18-28(50-51(32)4)36-19(2)24-16-20(44)10-14-30(24)61-36/h7-11,13-16,18,22,25-26,33-34,55H,6,12,17H2,1-5H3/t22-,25+,26-,33-,34+,42+/m0/s1. The molecule has 5 aromatic rings. The Kier molecular flexibility index (Phi) is 9.60. The van der Waals surface area contributed by atoms with Crippen LogP contribution in [0, 0.1) is 36.0 Å². The smallest absolute Gasteiger partial charge is 0.433 e. The Hall–Kier alpha value is -5.45. The highest BCUT2D eigenvalue weighted by Gasteiger charge is 2.68. The fraction of sp³-hybridized carbons (Fsp3) is 0.349. The maximum Gasteiger partial charge on any atom is 0.433 e. The van der Waals surface area contributed by atoms with Crippen molar-refractivity contribution in [2.45, 2.75) is 45.7 Å². The molecule has 1 saturated carbocycles. The minimum atomic E-state index is -4.83.